The van der Waals surface area contributed by atoms with Gasteiger partial charge in [-0.05, 0) is 12.5 Å². The monoisotopic (exact) mass is 492 g/mol. The van der Waals surface area contributed by atoms with Gasteiger partial charge in [0.05, 0.1) is 34.0 Å². The molecule has 1 aliphatic rings. The molecule has 1 heterocycles. The fourth-order valence-electron chi connectivity index (χ4n) is 4.05. The second-order valence-electron chi connectivity index (χ2n) is 7.90. The smallest absolute Gasteiger partial charge is 0.342 e. The number of hydrogen-bond donors (Lipinski definition) is 2. The van der Waals surface area contributed by atoms with Gasteiger partial charge in [-0.15, -0.1) is 0 Å². The molecule has 0 radical (unpaired) electrons. The van der Waals surface area contributed by atoms with Gasteiger partial charge in [-0.2, -0.15) is 0 Å². The fourth-order valence-corrected chi connectivity index (χ4v) is 4.05. The second-order valence-corrected chi connectivity index (χ2v) is 7.90. The van der Waals surface area contributed by atoms with E-state index in [2.05, 4.69) is 0 Å². The van der Waals surface area contributed by atoms with Crippen LogP contribution >= 0.6 is 0 Å². The van der Waals surface area contributed by atoms with Crippen molar-refractivity contribution in [2.45, 2.75) is 44.6 Å². The summed E-state index contributed by atoms with van der Waals surface area (Å²) in [5.74, 6) is -0.0459. The standard InChI is InChI=1S/C25H32O10/c1-14-19(25(28)35-21-16(27)11-18(29-2)34-17(21)12-26)22(31-4)23(32-5)24(20(14)30-3)33-13-15-9-7-6-8-10-15/h6-10,16-18,21,26-27H,11-13H2,1-5H3/t16?,17?,18-,21-/m0/s1. The quantitative estimate of drug-likeness (QED) is 0.478. The number of rotatable bonds is 10. The van der Waals surface area contributed by atoms with Crippen LogP contribution in [0.5, 0.6) is 23.0 Å². The first-order valence-corrected chi connectivity index (χ1v) is 11.1. The maximum absolute atomic E-state index is 13.4. The van der Waals surface area contributed by atoms with Crippen molar-refractivity contribution in [2.75, 3.05) is 35.0 Å². The molecule has 3 rings (SSSR count). The molecule has 2 aromatic rings. The fraction of sp³-hybridized carbons (Fsp3) is 0.480. The Hall–Kier alpha value is -3.05. The van der Waals surface area contributed by atoms with Crippen LogP contribution in [0.4, 0.5) is 0 Å². The predicted molar refractivity (Wildman–Crippen MR) is 124 cm³/mol. The van der Waals surface area contributed by atoms with E-state index >= 15 is 0 Å². The Morgan fingerprint density at radius 1 is 1.00 bits per heavy atom. The number of benzene rings is 2. The second kappa shape index (κ2) is 12.1. The average Bonchev–Trinajstić information content (AvgIpc) is 2.88. The third-order valence-electron chi connectivity index (χ3n) is 5.80. The van der Waals surface area contributed by atoms with Crippen LogP contribution in [0, 0.1) is 6.92 Å². The number of carbonyl (C=O) groups excluding carboxylic acids is 1. The molecule has 1 aliphatic heterocycles. The van der Waals surface area contributed by atoms with Crippen LogP contribution in [-0.2, 0) is 20.8 Å². The molecular formula is C25H32O10. The van der Waals surface area contributed by atoms with Gasteiger partial charge in [-0.25, -0.2) is 4.79 Å². The Labute approximate surface area is 204 Å². The Morgan fingerprint density at radius 3 is 2.23 bits per heavy atom. The Bertz CT molecular complexity index is 994. The predicted octanol–water partition coefficient (Wildman–Crippen LogP) is 2.24. The lowest BCUT2D eigenvalue weighted by atomic mass is 10.0. The summed E-state index contributed by atoms with van der Waals surface area (Å²) >= 11 is 0. The number of methoxy groups -OCH3 is 4. The van der Waals surface area contributed by atoms with Crippen LogP contribution in [0.25, 0.3) is 0 Å². The van der Waals surface area contributed by atoms with E-state index in [9.17, 15) is 15.0 Å². The summed E-state index contributed by atoms with van der Waals surface area (Å²) in [5.41, 5.74) is 1.35. The minimum atomic E-state index is -1.13. The minimum Gasteiger partial charge on any atom is -0.492 e. The highest BCUT2D eigenvalue weighted by Crippen LogP contribution is 2.50. The first-order chi connectivity index (χ1) is 16.9. The zero-order chi connectivity index (χ0) is 25.5. The van der Waals surface area contributed by atoms with Gasteiger partial charge < -0.3 is 43.4 Å². The highest BCUT2D eigenvalue weighted by molar-refractivity contribution is 5.97. The molecule has 1 saturated heterocycles. The normalized spacial score (nSPS) is 21.8. The Morgan fingerprint density at radius 2 is 1.66 bits per heavy atom. The highest BCUT2D eigenvalue weighted by atomic mass is 16.7. The number of aliphatic hydroxyl groups is 2. The van der Waals surface area contributed by atoms with E-state index in [0.29, 0.717) is 5.56 Å². The topological polar surface area (TPSA) is 122 Å². The first kappa shape index (κ1) is 26.6. The van der Waals surface area contributed by atoms with Gasteiger partial charge in [0.15, 0.2) is 23.9 Å². The largest absolute Gasteiger partial charge is 0.492 e. The van der Waals surface area contributed by atoms with Crippen LogP contribution < -0.4 is 18.9 Å². The molecule has 2 aromatic carbocycles. The maximum Gasteiger partial charge on any atom is 0.342 e. The lowest BCUT2D eigenvalue weighted by Crippen LogP contribution is -2.52. The number of hydrogen-bond acceptors (Lipinski definition) is 10. The van der Waals surface area contributed by atoms with Crippen molar-refractivity contribution in [1.82, 2.24) is 0 Å². The number of ether oxygens (including phenoxy) is 7. The van der Waals surface area contributed by atoms with E-state index in [-0.39, 0.29) is 41.6 Å². The van der Waals surface area contributed by atoms with E-state index in [0.717, 1.165) is 5.56 Å². The van der Waals surface area contributed by atoms with Crippen LogP contribution in [0.1, 0.15) is 27.9 Å². The molecule has 0 aliphatic carbocycles. The maximum atomic E-state index is 13.4. The average molecular weight is 493 g/mol. The van der Waals surface area contributed by atoms with Gasteiger partial charge in [0.2, 0.25) is 11.5 Å². The zero-order valence-electron chi connectivity index (χ0n) is 20.5. The Kier molecular flexibility index (Phi) is 9.16. The molecule has 35 heavy (non-hydrogen) atoms. The van der Waals surface area contributed by atoms with Crippen molar-refractivity contribution in [3.63, 3.8) is 0 Å². The third kappa shape index (κ3) is 5.62. The molecule has 0 amide bonds. The first-order valence-electron chi connectivity index (χ1n) is 11.1. The summed E-state index contributed by atoms with van der Waals surface area (Å²) in [4.78, 5) is 13.4. The van der Waals surface area contributed by atoms with Crippen LogP contribution in [0.2, 0.25) is 0 Å². The third-order valence-corrected chi connectivity index (χ3v) is 5.80. The molecule has 1 fully saturated rings. The molecule has 0 aromatic heterocycles. The lowest BCUT2D eigenvalue weighted by molar-refractivity contribution is -0.248. The Balaban J connectivity index is 1.97. The molecule has 2 N–H and O–H groups in total. The molecule has 192 valence electrons. The van der Waals surface area contributed by atoms with E-state index in [4.69, 9.17) is 33.2 Å². The summed E-state index contributed by atoms with van der Waals surface area (Å²) < 4.78 is 39.0. The van der Waals surface area contributed by atoms with Gasteiger partial charge in [-0.1, -0.05) is 30.3 Å². The van der Waals surface area contributed by atoms with E-state index < -0.39 is 37.2 Å². The SMILES string of the molecule is COc1c(C)c(C(=O)O[C@H]2C(O)C[C@@H](OC)OC2CO)c(OC)c(OC)c1OCc1ccccc1. The summed E-state index contributed by atoms with van der Waals surface area (Å²) in [5, 5.41) is 20.3. The summed E-state index contributed by atoms with van der Waals surface area (Å²) in [7, 11) is 5.68. The number of carbonyl (C=O) groups is 1. The van der Waals surface area contributed by atoms with Crippen LogP contribution in [0.15, 0.2) is 30.3 Å². The van der Waals surface area contributed by atoms with E-state index in [1.165, 1.54) is 28.4 Å². The van der Waals surface area contributed by atoms with Crippen molar-refractivity contribution >= 4 is 5.97 Å². The van der Waals surface area contributed by atoms with E-state index in [1.807, 2.05) is 30.3 Å². The van der Waals surface area contributed by atoms with Crippen molar-refractivity contribution in [3.05, 3.63) is 47.0 Å². The summed E-state index contributed by atoms with van der Waals surface area (Å²) in [6, 6.07) is 9.53. The molecule has 0 spiro atoms. The van der Waals surface area contributed by atoms with Crippen molar-refractivity contribution < 1.29 is 48.2 Å². The summed E-state index contributed by atoms with van der Waals surface area (Å²) in [6.07, 6.45) is -3.88. The van der Waals surface area contributed by atoms with Gasteiger partial charge in [0, 0.05) is 19.1 Å². The molecule has 10 heteroatoms. The zero-order valence-corrected chi connectivity index (χ0v) is 20.5. The van der Waals surface area contributed by atoms with Gasteiger partial charge in [0.1, 0.15) is 18.3 Å². The lowest BCUT2D eigenvalue weighted by Gasteiger charge is -2.37. The van der Waals surface area contributed by atoms with Gasteiger partial charge in [0.25, 0.3) is 0 Å². The molecule has 0 saturated carbocycles. The van der Waals surface area contributed by atoms with Crippen LogP contribution in [0.3, 0.4) is 0 Å². The van der Waals surface area contributed by atoms with Crippen molar-refractivity contribution in [3.8, 4) is 23.0 Å². The number of aliphatic hydroxyl groups excluding tert-OH is 2. The minimum absolute atomic E-state index is 0.0333. The van der Waals surface area contributed by atoms with Crippen molar-refractivity contribution in [2.24, 2.45) is 0 Å². The molecular weight excluding hydrogens is 460 g/mol. The molecule has 4 atom stereocenters. The molecule has 0 bridgehead atoms. The van der Waals surface area contributed by atoms with E-state index in [1.54, 1.807) is 6.92 Å². The molecule has 2 unspecified atom stereocenters. The van der Waals surface area contributed by atoms with Gasteiger partial charge in [-0.3, -0.25) is 0 Å². The highest BCUT2D eigenvalue weighted by Gasteiger charge is 2.42. The van der Waals surface area contributed by atoms with Crippen molar-refractivity contribution in [1.29, 1.82) is 0 Å². The summed E-state index contributed by atoms with van der Waals surface area (Å²) in [6.45, 7) is 1.40. The number of esters is 1. The van der Waals surface area contributed by atoms with Gasteiger partial charge >= 0.3 is 5.97 Å². The molecule has 10 nitrogen and oxygen atoms in total. The van der Waals surface area contributed by atoms with Crippen LogP contribution in [-0.4, -0.2) is 75.8 Å².